The van der Waals surface area contributed by atoms with Gasteiger partial charge >= 0.3 is 0 Å². The third-order valence-corrected chi connectivity index (χ3v) is 4.78. The average molecular weight is 322 g/mol. The normalized spacial score (nSPS) is 22.6. The minimum atomic E-state index is 0.649. The van der Waals surface area contributed by atoms with Crippen LogP contribution in [0.1, 0.15) is 18.4 Å². The largest absolute Gasteiger partial charge is 0.497 e. The molecule has 2 aliphatic rings. The fraction of sp³-hybridized carbons (Fsp3) is 0.350. The number of pyridine rings is 1. The van der Waals surface area contributed by atoms with Crippen molar-refractivity contribution in [2.24, 2.45) is 11.8 Å². The van der Waals surface area contributed by atoms with Crippen LogP contribution < -0.4 is 14.8 Å². The molecule has 124 valence electrons. The number of benzene rings is 1. The van der Waals surface area contributed by atoms with Crippen LogP contribution in [0.15, 0.2) is 48.8 Å². The summed E-state index contributed by atoms with van der Waals surface area (Å²) in [5.41, 5.74) is 2.58. The molecule has 4 nitrogen and oxygen atoms in total. The predicted octanol–water partition coefficient (Wildman–Crippen LogP) is 3.90. The van der Waals surface area contributed by atoms with E-state index < -0.39 is 0 Å². The summed E-state index contributed by atoms with van der Waals surface area (Å²) in [5, 5.41) is 3.52. The maximum Gasteiger partial charge on any atom is 0.146 e. The predicted molar refractivity (Wildman–Crippen MR) is 94.4 cm³/mol. The van der Waals surface area contributed by atoms with E-state index in [-0.39, 0.29) is 0 Å². The molecule has 1 aliphatic carbocycles. The molecule has 1 N–H and O–H groups in total. The SMILES string of the molecule is COc1cccc(Oc2cncc(C3=C[C@@H]4CNC[C@H](C3)C4)c2)c1. The summed E-state index contributed by atoms with van der Waals surface area (Å²) < 4.78 is 11.2. The van der Waals surface area contributed by atoms with Gasteiger partial charge in [0.25, 0.3) is 0 Å². The molecule has 4 rings (SSSR count). The second-order valence-corrected chi connectivity index (χ2v) is 6.61. The summed E-state index contributed by atoms with van der Waals surface area (Å²) in [5.74, 6) is 3.69. The molecule has 1 aromatic heterocycles. The Morgan fingerprint density at radius 2 is 2.00 bits per heavy atom. The minimum Gasteiger partial charge on any atom is -0.497 e. The summed E-state index contributed by atoms with van der Waals surface area (Å²) in [4.78, 5) is 4.38. The quantitative estimate of drug-likeness (QED) is 0.927. The maximum atomic E-state index is 5.96. The van der Waals surface area contributed by atoms with Crippen molar-refractivity contribution in [3.63, 3.8) is 0 Å². The van der Waals surface area contributed by atoms with E-state index in [1.807, 2.05) is 30.5 Å². The summed E-state index contributed by atoms with van der Waals surface area (Å²) >= 11 is 0. The molecule has 1 fully saturated rings. The highest BCUT2D eigenvalue weighted by atomic mass is 16.5. The Morgan fingerprint density at radius 1 is 1.08 bits per heavy atom. The monoisotopic (exact) mass is 322 g/mol. The van der Waals surface area contributed by atoms with Crippen LogP contribution in [0, 0.1) is 11.8 Å². The van der Waals surface area contributed by atoms with E-state index in [0.29, 0.717) is 5.92 Å². The molecule has 0 radical (unpaired) electrons. The number of methoxy groups -OCH3 is 1. The molecule has 1 aliphatic heterocycles. The number of nitrogens with one attached hydrogen (secondary N) is 1. The highest BCUT2D eigenvalue weighted by Crippen LogP contribution is 2.36. The average Bonchev–Trinajstić information content (AvgIpc) is 2.62. The number of rotatable bonds is 4. The lowest BCUT2D eigenvalue weighted by Crippen LogP contribution is -2.37. The van der Waals surface area contributed by atoms with Crippen LogP contribution in [0.25, 0.3) is 5.57 Å². The zero-order valence-electron chi connectivity index (χ0n) is 13.9. The Bertz CT molecular complexity index is 757. The van der Waals surface area contributed by atoms with Crippen molar-refractivity contribution >= 4 is 5.57 Å². The number of allylic oxidation sites excluding steroid dienone is 1. The van der Waals surface area contributed by atoms with Crippen LogP contribution in [0.3, 0.4) is 0 Å². The topological polar surface area (TPSA) is 43.4 Å². The van der Waals surface area contributed by atoms with Gasteiger partial charge in [-0.05, 0) is 60.6 Å². The zero-order chi connectivity index (χ0) is 16.4. The first kappa shape index (κ1) is 15.2. The van der Waals surface area contributed by atoms with Crippen molar-refractivity contribution in [2.75, 3.05) is 20.2 Å². The molecule has 2 heterocycles. The zero-order valence-corrected chi connectivity index (χ0v) is 13.9. The van der Waals surface area contributed by atoms with Gasteiger partial charge in [-0.1, -0.05) is 12.1 Å². The fourth-order valence-electron chi connectivity index (χ4n) is 3.68. The molecule has 4 heteroatoms. The molecular weight excluding hydrogens is 300 g/mol. The second-order valence-electron chi connectivity index (χ2n) is 6.61. The van der Waals surface area contributed by atoms with Gasteiger partial charge in [-0.25, -0.2) is 0 Å². The number of nitrogens with zero attached hydrogens (tertiary/aromatic N) is 1. The van der Waals surface area contributed by atoms with Gasteiger partial charge < -0.3 is 14.8 Å². The first-order chi connectivity index (χ1) is 11.8. The summed E-state index contributed by atoms with van der Waals surface area (Å²) in [6.45, 7) is 2.22. The van der Waals surface area contributed by atoms with Crippen LogP contribution >= 0.6 is 0 Å². The van der Waals surface area contributed by atoms with Gasteiger partial charge in [0.15, 0.2) is 0 Å². The molecule has 2 bridgehead atoms. The van der Waals surface area contributed by atoms with Gasteiger partial charge in [-0.2, -0.15) is 0 Å². The van der Waals surface area contributed by atoms with E-state index >= 15 is 0 Å². The molecule has 0 saturated carbocycles. The van der Waals surface area contributed by atoms with Crippen LogP contribution in [0.2, 0.25) is 0 Å². The van der Waals surface area contributed by atoms with Crippen LogP contribution in [-0.4, -0.2) is 25.2 Å². The number of piperidine rings is 1. The highest BCUT2D eigenvalue weighted by molar-refractivity contribution is 5.67. The highest BCUT2D eigenvalue weighted by Gasteiger charge is 2.26. The van der Waals surface area contributed by atoms with Crippen LogP contribution in [0.5, 0.6) is 17.2 Å². The number of aromatic nitrogens is 1. The smallest absolute Gasteiger partial charge is 0.146 e. The molecule has 1 saturated heterocycles. The Balaban J connectivity index is 1.56. The molecule has 0 unspecified atom stereocenters. The second kappa shape index (κ2) is 6.65. The first-order valence-corrected chi connectivity index (χ1v) is 8.49. The fourth-order valence-corrected chi connectivity index (χ4v) is 3.68. The Hall–Kier alpha value is -2.33. The third kappa shape index (κ3) is 3.29. The first-order valence-electron chi connectivity index (χ1n) is 8.49. The van der Waals surface area contributed by atoms with Crippen molar-refractivity contribution in [2.45, 2.75) is 12.8 Å². The van der Waals surface area contributed by atoms with Crippen LogP contribution in [-0.2, 0) is 0 Å². The lowest BCUT2D eigenvalue weighted by molar-refractivity contribution is 0.316. The van der Waals surface area contributed by atoms with Crippen molar-refractivity contribution in [1.29, 1.82) is 0 Å². The lowest BCUT2D eigenvalue weighted by atomic mass is 9.78. The Morgan fingerprint density at radius 3 is 2.88 bits per heavy atom. The van der Waals surface area contributed by atoms with Gasteiger partial charge in [0.1, 0.15) is 17.2 Å². The molecular formula is C20H22N2O2. The summed E-state index contributed by atoms with van der Waals surface area (Å²) in [6, 6.07) is 9.71. The standard InChI is InChI=1S/C20H22N2O2/c1-23-18-3-2-4-19(9-18)24-20-8-17(12-22-13-20)16-6-14-5-15(7-16)11-21-10-14/h2-4,6,8-9,12-15,21H,5,7,10-11H2,1H3/t14-,15+/m1/s1. The van der Waals surface area contributed by atoms with Crippen LogP contribution in [0.4, 0.5) is 0 Å². The van der Waals surface area contributed by atoms with Gasteiger partial charge in [0.05, 0.1) is 13.3 Å². The minimum absolute atomic E-state index is 0.649. The number of fused-ring (bicyclic) bond motifs is 2. The van der Waals surface area contributed by atoms with Crippen molar-refractivity contribution in [3.05, 3.63) is 54.4 Å². The van der Waals surface area contributed by atoms with E-state index in [1.165, 1.54) is 17.6 Å². The number of hydrogen-bond acceptors (Lipinski definition) is 4. The maximum absolute atomic E-state index is 5.96. The number of ether oxygens (including phenoxy) is 2. The van der Waals surface area contributed by atoms with Gasteiger partial charge in [0, 0.05) is 18.8 Å². The van der Waals surface area contributed by atoms with Gasteiger partial charge in [-0.3, -0.25) is 4.98 Å². The van der Waals surface area contributed by atoms with Crippen molar-refractivity contribution < 1.29 is 9.47 Å². The lowest BCUT2D eigenvalue weighted by Gasteiger charge is -2.34. The Labute approximate surface area is 142 Å². The molecule has 0 spiro atoms. The third-order valence-electron chi connectivity index (χ3n) is 4.78. The summed E-state index contributed by atoms with van der Waals surface area (Å²) in [7, 11) is 1.66. The van der Waals surface area contributed by atoms with E-state index in [0.717, 1.165) is 42.7 Å². The van der Waals surface area contributed by atoms with E-state index in [9.17, 15) is 0 Å². The van der Waals surface area contributed by atoms with Gasteiger partial charge in [-0.15, -0.1) is 0 Å². The van der Waals surface area contributed by atoms with E-state index in [1.54, 1.807) is 13.3 Å². The Kier molecular flexibility index (Phi) is 4.22. The molecule has 2 atom stereocenters. The van der Waals surface area contributed by atoms with E-state index in [4.69, 9.17) is 9.47 Å². The van der Waals surface area contributed by atoms with Crippen molar-refractivity contribution in [3.8, 4) is 17.2 Å². The molecule has 2 aromatic rings. The van der Waals surface area contributed by atoms with Crippen molar-refractivity contribution in [1.82, 2.24) is 10.3 Å². The van der Waals surface area contributed by atoms with Gasteiger partial charge in [0.2, 0.25) is 0 Å². The molecule has 1 aromatic carbocycles. The molecule has 0 amide bonds. The summed E-state index contributed by atoms with van der Waals surface area (Å²) in [6.07, 6.45) is 8.54. The number of hydrogen-bond donors (Lipinski definition) is 1. The van der Waals surface area contributed by atoms with E-state index in [2.05, 4.69) is 22.4 Å². The molecule has 24 heavy (non-hydrogen) atoms.